The van der Waals surface area contributed by atoms with Crippen LogP contribution >= 0.6 is 0 Å². The zero-order chi connectivity index (χ0) is 13.3. The zero-order valence-electron chi connectivity index (χ0n) is 11.7. The molecular weight excluding hydrogens is 224 g/mol. The van der Waals surface area contributed by atoms with E-state index in [2.05, 4.69) is 20.8 Å². The van der Waals surface area contributed by atoms with E-state index >= 15 is 0 Å². The molecule has 3 heteroatoms. The molecule has 0 amide bonds. The molecule has 2 N–H and O–H groups in total. The van der Waals surface area contributed by atoms with Crippen LogP contribution in [0.25, 0.3) is 0 Å². The van der Waals surface area contributed by atoms with Gasteiger partial charge in [0.25, 0.3) is 5.56 Å². The van der Waals surface area contributed by atoms with Gasteiger partial charge in [-0.05, 0) is 36.7 Å². The van der Waals surface area contributed by atoms with Gasteiger partial charge in [-0.1, -0.05) is 26.8 Å². The van der Waals surface area contributed by atoms with Crippen molar-refractivity contribution < 1.29 is 0 Å². The molecule has 1 aliphatic carbocycles. The van der Waals surface area contributed by atoms with E-state index in [1.807, 2.05) is 10.6 Å². The van der Waals surface area contributed by atoms with E-state index in [-0.39, 0.29) is 17.0 Å². The Labute approximate surface area is 109 Å². The number of nitrogens with two attached hydrogens (primary N) is 1. The fraction of sp³-hybridized carbons (Fsp3) is 0.667. The smallest absolute Gasteiger partial charge is 0.250 e. The molecule has 0 spiro atoms. The molecule has 0 radical (unpaired) electrons. The van der Waals surface area contributed by atoms with Crippen LogP contribution in [0.15, 0.2) is 16.9 Å². The minimum atomic E-state index is 0.107. The van der Waals surface area contributed by atoms with Crippen molar-refractivity contribution in [2.75, 3.05) is 0 Å². The zero-order valence-corrected chi connectivity index (χ0v) is 11.7. The Kier molecular flexibility index (Phi) is 3.62. The number of hydrogen-bond acceptors (Lipinski definition) is 2. The molecule has 1 unspecified atom stereocenters. The van der Waals surface area contributed by atoms with E-state index < -0.39 is 0 Å². The third-order valence-electron chi connectivity index (χ3n) is 3.74. The predicted octanol–water partition coefficient (Wildman–Crippen LogP) is 2.62. The van der Waals surface area contributed by atoms with E-state index in [9.17, 15) is 4.79 Å². The summed E-state index contributed by atoms with van der Waals surface area (Å²) >= 11 is 0. The Morgan fingerprint density at radius 1 is 1.39 bits per heavy atom. The predicted molar refractivity (Wildman–Crippen MR) is 74.6 cm³/mol. The highest BCUT2D eigenvalue weighted by atomic mass is 16.1. The molecule has 0 fully saturated rings. The van der Waals surface area contributed by atoms with Gasteiger partial charge in [-0.15, -0.1) is 0 Å². The van der Waals surface area contributed by atoms with Gasteiger partial charge in [0, 0.05) is 24.3 Å². The molecule has 1 aliphatic rings. The second kappa shape index (κ2) is 4.88. The number of aromatic nitrogens is 1. The van der Waals surface area contributed by atoms with Crippen LogP contribution in [0.4, 0.5) is 0 Å². The van der Waals surface area contributed by atoms with Crippen molar-refractivity contribution in [1.29, 1.82) is 0 Å². The number of nitrogens with zero attached hydrogens (tertiary/aromatic N) is 1. The molecule has 3 nitrogen and oxygen atoms in total. The summed E-state index contributed by atoms with van der Waals surface area (Å²) in [7, 11) is 0. The Morgan fingerprint density at radius 2 is 2.11 bits per heavy atom. The van der Waals surface area contributed by atoms with Crippen molar-refractivity contribution in [3.63, 3.8) is 0 Å². The molecule has 0 aromatic carbocycles. The highest BCUT2D eigenvalue weighted by Crippen LogP contribution is 2.27. The average molecular weight is 248 g/mol. The maximum atomic E-state index is 12.0. The molecule has 1 aromatic heterocycles. The normalized spacial score (nSPS) is 19.7. The maximum absolute atomic E-state index is 12.0. The maximum Gasteiger partial charge on any atom is 0.250 e. The Balaban J connectivity index is 2.34. The van der Waals surface area contributed by atoms with Gasteiger partial charge in [0.15, 0.2) is 0 Å². The minimum absolute atomic E-state index is 0.107. The second-order valence-corrected chi connectivity index (χ2v) is 6.53. The van der Waals surface area contributed by atoms with Crippen LogP contribution in [-0.2, 0) is 13.0 Å². The van der Waals surface area contributed by atoms with Gasteiger partial charge in [-0.3, -0.25) is 4.79 Å². The van der Waals surface area contributed by atoms with Crippen molar-refractivity contribution >= 4 is 0 Å². The number of fused-ring (bicyclic) bond motifs is 1. The molecule has 1 aromatic rings. The van der Waals surface area contributed by atoms with Crippen molar-refractivity contribution in [2.45, 2.75) is 59.0 Å². The lowest BCUT2D eigenvalue weighted by Crippen LogP contribution is -2.30. The van der Waals surface area contributed by atoms with Gasteiger partial charge in [0.05, 0.1) is 0 Å². The lowest BCUT2D eigenvalue weighted by atomic mass is 9.90. The van der Waals surface area contributed by atoms with Crippen molar-refractivity contribution in [3.05, 3.63) is 33.7 Å². The summed E-state index contributed by atoms with van der Waals surface area (Å²) < 4.78 is 1.94. The molecule has 0 saturated carbocycles. The first kappa shape index (κ1) is 13.3. The summed E-state index contributed by atoms with van der Waals surface area (Å²) in [5, 5.41) is 0. The van der Waals surface area contributed by atoms with Crippen LogP contribution in [0.2, 0.25) is 0 Å². The third kappa shape index (κ3) is 2.83. The first-order valence-electron chi connectivity index (χ1n) is 6.87. The quantitative estimate of drug-likeness (QED) is 0.874. The highest BCUT2D eigenvalue weighted by molar-refractivity contribution is 5.27. The minimum Gasteiger partial charge on any atom is -0.324 e. The van der Waals surface area contributed by atoms with Crippen LogP contribution in [0.3, 0.4) is 0 Å². The standard InChI is InChI=1S/C15H24N2O/c1-15(2,3)9-10-17-13-6-4-5-12(16)11(13)7-8-14(17)18/h7-8,12H,4-6,9-10,16H2,1-3H3. The van der Waals surface area contributed by atoms with Crippen LogP contribution in [0.1, 0.15) is 57.3 Å². The van der Waals surface area contributed by atoms with Crippen LogP contribution < -0.4 is 11.3 Å². The largest absolute Gasteiger partial charge is 0.324 e. The van der Waals surface area contributed by atoms with E-state index in [4.69, 9.17) is 5.73 Å². The molecule has 18 heavy (non-hydrogen) atoms. The number of rotatable bonds is 2. The SMILES string of the molecule is CC(C)(C)CCn1c2c(ccc1=O)C(N)CCC2. The summed E-state index contributed by atoms with van der Waals surface area (Å²) in [6, 6.07) is 3.71. The van der Waals surface area contributed by atoms with Gasteiger partial charge in [0.1, 0.15) is 0 Å². The van der Waals surface area contributed by atoms with Crippen molar-refractivity contribution in [2.24, 2.45) is 11.1 Å². The fourth-order valence-corrected chi connectivity index (χ4v) is 2.59. The molecule has 1 heterocycles. The van der Waals surface area contributed by atoms with Gasteiger partial charge in [0.2, 0.25) is 0 Å². The lowest BCUT2D eigenvalue weighted by molar-refractivity contribution is 0.342. The lowest BCUT2D eigenvalue weighted by Gasteiger charge is -2.27. The van der Waals surface area contributed by atoms with Crippen LogP contribution in [-0.4, -0.2) is 4.57 Å². The van der Waals surface area contributed by atoms with Gasteiger partial charge in [-0.2, -0.15) is 0 Å². The molecule has 0 bridgehead atoms. The van der Waals surface area contributed by atoms with E-state index in [1.54, 1.807) is 6.07 Å². The van der Waals surface area contributed by atoms with E-state index in [1.165, 1.54) is 11.3 Å². The summed E-state index contributed by atoms with van der Waals surface area (Å²) in [4.78, 5) is 12.0. The van der Waals surface area contributed by atoms with Crippen LogP contribution in [0, 0.1) is 5.41 Å². The molecular formula is C15H24N2O. The summed E-state index contributed by atoms with van der Waals surface area (Å²) in [6.07, 6.45) is 4.12. The molecule has 1 atom stereocenters. The Hall–Kier alpha value is -1.09. The highest BCUT2D eigenvalue weighted by Gasteiger charge is 2.21. The molecule has 100 valence electrons. The van der Waals surface area contributed by atoms with E-state index in [0.717, 1.165) is 32.2 Å². The van der Waals surface area contributed by atoms with Crippen molar-refractivity contribution in [1.82, 2.24) is 4.57 Å². The topological polar surface area (TPSA) is 48.0 Å². The monoisotopic (exact) mass is 248 g/mol. The number of pyridine rings is 1. The summed E-state index contributed by atoms with van der Waals surface area (Å²) in [5.41, 5.74) is 8.85. The first-order chi connectivity index (χ1) is 8.38. The van der Waals surface area contributed by atoms with Gasteiger partial charge in [-0.25, -0.2) is 0 Å². The summed E-state index contributed by atoms with van der Waals surface area (Å²) in [6.45, 7) is 7.43. The molecule has 0 aliphatic heterocycles. The van der Waals surface area contributed by atoms with Gasteiger partial charge < -0.3 is 10.3 Å². The van der Waals surface area contributed by atoms with Crippen LogP contribution in [0.5, 0.6) is 0 Å². The molecule has 0 saturated heterocycles. The first-order valence-corrected chi connectivity index (χ1v) is 6.87. The summed E-state index contributed by atoms with van der Waals surface area (Å²) in [5.74, 6) is 0. The average Bonchev–Trinajstić information content (AvgIpc) is 2.26. The number of hydrogen-bond donors (Lipinski definition) is 1. The second-order valence-electron chi connectivity index (χ2n) is 6.53. The third-order valence-corrected chi connectivity index (χ3v) is 3.74. The van der Waals surface area contributed by atoms with E-state index in [0.29, 0.717) is 0 Å². The van der Waals surface area contributed by atoms with Crippen molar-refractivity contribution in [3.8, 4) is 0 Å². The Morgan fingerprint density at radius 3 is 2.78 bits per heavy atom. The molecule has 2 rings (SSSR count). The van der Waals surface area contributed by atoms with Gasteiger partial charge >= 0.3 is 0 Å². The Bertz CT molecular complexity index is 482. The fourth-order valence-electron chi connectivity index (χ4n) is 2.59.